The highest BCUT2D eigenvalue weighted by molar-refractivity contribution is 5.41. The average molecular weight is 247 g/mol. The SMILES string of the molecule is CCn1cc(C(C)Nc2cnn(C(C)C)c2)cn1. The van der Waals surface area contributed by atoms with Gasteiger partial charge in [0.05, 0.1) is 24.1 Å². The van der Waals surface area contributed by atoms with Crippen LogP contribution in [0.4, 0.5) is 5.69 Å². The number of hydrogen-bond donors (Lipinski definition) is 1. The molecular weight excluding hydrogens is 226 g/mol. The Labute approximate surface area is 108 Å². The quantitative estimate of drug-likeness (QED) is 0.883. The molecule has 2 aromatic heterocycles. The van der Waals surface area contributed by atoms with E-state index < -0.39 is 0 Å². The predicted octanol–water partition coefficient (Wildman–Crippen LogP) is 2.85. The van der Waals surface area contributed by atoms with Crippen LogP contribution < -0.4 is 5.32 Å². The molecule has 5 heteroatoms. The van der Waals surface area contributed by atoms with Crippen LogP contribution in [0.15, 0.2) is 24.8 Å². The van der Waals surface area contributed by atoms with E-state index in [-0.39, 0.29) is 6.04 Å². The summed E-state index contributed by atoms with van der Waals surface area (Å²) in [4.78, 5) is 0. The van der Waals surface area contributed by atoms with Crippen LogP contribution in [0.1, 0.15) is 45.3 Å². The Morgan fingerprint density at radius 2 is 1.94 bits per heavy atom. The molecule has 0 aliphatic carbocycles. The van der Waals surface area contributed by atoms with Crippen molar-refractivity contribution in [3.63, 3.8) is 0 Å². The molecule has 2 rings (SSSR count). The number of nitrogens with zero attached hydrogens (tertiary/aromatic N) is 4. The Morgan fingerprint density at radius 1 is 1.17 bits per heavy atom. The van der Waals surface area contributed by atoms with E-state index >= 15 is 0 Å². The first-order valence-electron chi connectivity index (χ1n) is 6.43. The Morgan fingerprint density at radius 3 is 2.50 bits per heavy atom. The van der Waals surface area contributed by atoms with E-state index in [4.69, 9.17) is 0 Å². The lowest BCUT2D eigenvalue weighted by Crippen LogP contribution is -2.05. The Bertz CT molecular complexity index is 497. The second-order valence-corrected chi connectivity index (χ2v) is 4.80. The lowest BCUT2D eigenvalue weighted by atomic mass is 10.2. The lowest BCUT2D eigenvalue weighted by molar-refractivity contribution is 0.532. The molecule has 5 nitrogen and oxygen atoms in total. The molecule has 0 aromatic carbocycles. The Balaban J connectivity index is 2.03. The highest BCUT2D eigenvalue weighted by atomic mass is 15.3. The maximum Gasteiger partial charge on any atom is 0.0731 e. The minimum atomic E-state index is 0.232. The zero-order chi connectivity index (χ0) is 13.1. The van der Waals surface area contributed by atoms with Crippen LogP contribution in [0.3, 0.4) is 0 Å². The van der Waals surface area contributed by atoms with Crippen LogP contribution in [-0.4, -0.2) is 19.6 Å². The largest absolute Gasteiger partial charge is 0.376 e. The molecule has 0 aliphatic heterocycles. The van der Waals surface area contributed by atoms with Crippen LogP contribution in [0.5, 0.6) is 0 Å². The standard InChI is InChI=1S/C13H21N5/c1-5-17-8-12(6-14-17)11(4)16-13-7-15-18(9-13)10(2)3/h6-11,16H,5H2,1-4H3. The lowest BCUT2D eigenvalue weighted by Gasteiger charge is -2.11. The van der Waals surface area contributed by atoms with E-state index in [1.165, 1.54) is 5.56 Å². The zero-order valence-electron chi connectivity index (χ0n) is 11.5. The molecule has 0 saturated heterocycles. The van der Waals surface area contributed by atoms with Crippen molar-refractivity contribution in [2.24, 2.45) is 0 Å². The minimum absolute atomic E-state index is 0.232. The molecule has 98 valence electrons. The van der Waals surface area contributed by atoms with E-state index in [0.29, 0.717) is 6.04 Å². The normalized spacial score (nSPS) is 12.9. The smallest absolute Gasteiger partial charge is 0.0731 e. The molecule has 18 heavy (non-hydrogen) atoms. The number of rotatable bonds is 5. The van der Waals surface area contributed by atoms with Crippen molar-refractivity contribution in [2.45, 2.75) is 46.3 Å². The summed E-state index contributed by atoms with van der Waals surface area (Å²) in [7, 11) is 0. The first-order valence-corrected chi connectivity index (χ1v) is 6.43. The number of aryl methyl sites for hydroxylation is 1. The second kappa shape index (κ2) is 5.25. The summed E-state index contributed by atoms with van der Waals surface area (Å²) >= 11 is 0. The Hall–Kier alpha value is -1.78. The van der Waals surface area contributed by atoms with Gasteiger partial charge in [0, 0.05) is 30.5 Å². The van der Waals surface area contributed by atoms with Gasteiger partial charge in [0.2, 0.25) is 0 Å². The summed E-state index contributed by atoms with van der Waals surface area (Å²) in [5.41, 5.74) is 2.23. The van der Waals surface area contributed by atoms with E-state index in [9.17, 15) is 0 Å². The summed E-state index contributed by atoms with van der Waals surface area (Å²) in [6.45, 7) is 9.35. The highest BCUT2D eigenvalue weighted by Gasteiger charge is 2.09. The van der Waals surface area contributed by atoms with Crippen molar-refractivity contribution in [1.29, 1.82) is 0 Å². The van der Waals surface area contributed by atoms with Gasteiger partial charge < -0.3 is 5.32 Å². The molecule has 2 aromatic rings. The summed E-state index contributed by atoms with van der Waals surface area (Å²) in [6, 6.07) is 0.619. The third-order valence-corrected chi connectivity index (χ3v) is 2.99. The molecule has 1 unspecified atom stereocenters. The molecule has 2 heterocycles. The van der Waals surface area contributed by atoms with Crippen molar-refractivity contribution >= 4 is 5.69 Å². The summed E-state index contributed by atoms with van der Waals surface area (Å²) in [5, 5.41) is 12.0. The summed E-state index contributed by atoms with van der Waals surface area (Å²) in [6.07, 6.45) is 7.88. The molecule has 1 N–H and O–H groups in total. The van der Waals surface area contributed by atoms with Gasteiger partial charge in [-0.25, -0.2) is 0 Å². The maximum absolute atomic E-state index is 4.32. The third-order valence-electron chi connectivity index (χ3n) is 2.99. The van der Waals surface area contributed by atoms with Crippen molar-refractivity contribution < 1.29 is 0 Å². The molecule has 0 spiro atoms. The van der Waals surface area contributed by atoms with Gasteiger partial charge in [-0.15, -0.1) is 0 Å². The topological polar surface area (TPSA) is 47.7 Å². The highest BCUT2D eigenvalue weighted by Crippen LogP contribution is 2.19. The predicted molar refractivity (Wildman–Crippen MR) is 72.6 cm³/mol. The van der Waals surface area contributed by atoms with Gasteiger partial charge in [-0.3, -0.25) is 9.36 Å². The molecule has 0 fully saturated rings. The zero-order valence-corrected chi connectivity index (χ0v) is 11.5. The second-order valence-electron chi connectivity index (χ2n) is 4.80. The van der Waals surface area contributed by atoms with Crippen molar-refractivity contribution in [2.75, 3.05) is 5.32 Å². The molecule has 0 aliphatic rings. The molecule has 1 atom stereocenters. The first-order chi connectivity index (χ1) is 8.60. The summed E-state index contributed by atoms with van der Waals surface area (Å²) in [5.74, 6) is 0. The first kappa shape index (κ1) is 12.7. The number of aromatic nitrogens is 4. The van der Waals surface area contributed by atoms with Crippen molar-refractivity contribution in [1.82, 2.24) is 19.6 Å². The maximum atomic E-state index is 4.32. The Kier molecular flexibility index (Phi) is 3.69. The summed E-state index contributed by atoms with van der Waals surface area (Å²) < 4.78 is 3.88. The van der Waals surface area contributed by atoms with E-state index in [1.807, 2.05) is 28.0 Å². The van der Waals surface area contributed by atoms with E-state index in [2.05, 4.69) is 49.4 Å². The molecular formula is C13H21N5. The molecule has 0 bridgehead atoms. The van der Waals surface area contributed by atoms with Crippen LogP contribution in [0.2, 0.25) is 0 Å². The van der Waals surface area contributed by atoms with E-state index in [1.54, 1.807) is 0 Å². The van der Waals surface area contributed by atoms with Gasteiger partial charge in [-0.05, 0) is 27.7 Å². The van der Waals surface area contributed by atoms with Gasteiger partial charge in [-0.1, -0.05) is 0 Å². The fourth-order valence-electron chi connectivity index (χ4n) is 1.80. The van der Waals surface area contributed by atoms with Crippen molar-refractivity contribution in [3.05, 3.63) is 30.4 Å². The molecule has 0 radical (unpaired) electrons. The number of hydrogen-bond acceptors (Lipinski definition) is 3. The van der Waals surface area contributed by atoms with Crippen molar-refractivity contribution in [3.8, 4) is 0 Å². The monoisotopic (exact) mass is 247 g/mol. The van der Waals surface area contributed by atoms with Gasteiger partial charge in [0.25, 0.3) is 0 Å². The number of anilines is 1. The fourth-order valence-corrected chi connectivity index (χ4v) is 1.80. The van der Waals surface area contributed by atoms with Gasteiger partial charge in [0.1, 0.15) is 0 Å². The minimum Gasteiger partial charge on any atom is -0.376 e. The molecule has 0 saturated carbocycles. The van der Waals surface area contributed by atoms with E-state index in [0.717, 1.165) is 12.2 Å². The van der Waals surface area contributed by atoms with Crippen LogP contribution in [0, 0.1) is 0 Å². The van der Waals surface area contributed by atoms with Gasteiger partial charge in [0.15, 0.2) is 0 Å². The van der Waals surface area contributed by atoms with Gasteiger partial charge >= 0.3 is 0 Å². The van der Waals surface area contributed by atoms with Crippen LogP contribution in [-0.2, 0) is 6.54 Å². The van der Waals surface area contributed by atoms with Gasteiger partial charge in [-0.2, -0.15) is 10.2 Å². The molecule has 0 amide bonds. The average Bonchev–Trinajstić information content (AvgIpc) is 2.96. The third kappa shape index (κ3) is 2.72. The van der Waals surface area contributed by atoms with Crippen LogP contribution in [0.25, 0.3) is 0 Å². The number of nitrogens with one attached hydrogen (secondary N) is 1. The van der Waals surface area contributed by atoms with Crippen LogP contribution >= 0.6 is 0 Å². The fraction of sp³-hybridized carbons (Fsp3) is 0.538.